The van der Waals surface area contributed by atoms with Crippen LogP contribution in [0.15, 0.2) is 48.5 Å². The number of rotatable bonds is 2. The summed E-state index contributed by atoms with van der Waals surface area (Å²) in [4.78, 5) is 2.03. The zero-order valence-electron chi connectivity index (χ0n) is 9.44. The summed E-state index contributed by atoms with van der Waals surface area (Å²) in [5, 5.41) is 0. The van der Waals surface area contributed by atoms with E-state index >= 15 is 0 Å². The van der Waals surface area contributed by atoms with Gasteiger partial charge in [0.15, 0.2) is 0 Å². The Morgan fingerprint density at radius 3 is 2.12 bits per heavy atom. The number of halogens is 1. The monoisotopic (exact) mass is 215 g/mol. The van der Waals surface area contributed by atoms with Crippen molar-refractivity contribution in [3.05, 3.63) is 54.3 Å². The third kappa shape index (κ3) is 2.22. The summed E-state index contributed by atoms with van der Waals surface area (Å²) in [6.45, 7) is 0. The molecule has 0 aliphatic rings. The predicted octanol–water partition coefficient (Wildman–Crippen LogP) is 3.56. The highest BCUT2D eigenvalue weighted by molar-refractivity contribution is 5.68. The molecule has 1 nitrogen and oxygen atoms in total. The number of nitrogens with zero attached hydrogens (tertiary/aromatic N) is 1. The summed E-state index contributed by atoms with van der Waals surface area (Å²) in [5.41, 5.74) is 3.05. The van der Waals surface area contributed by atoms with Crippen molar-refractivity contribution >= 4 is 5.69 Å². The largest absolute Gasteiger partial charge is 0.378 e. The molecule has 0 fully saturated rings. The summed E-state index contributed by atoms with van der Waals surface area (Å²) in [6.07, 6.45) is 0. The zero-order valence-corrected chi connectivity index (χ0v) is 9.44. The molecule has 0 unspecified atom stereocenters. The first-order chi connectivity index (χ1) is 7.66. The molecule has 0 radical (unpaired) electrons. The second-order valence-electron chi connectivity index (χ2n) is 3.96. The molecule has 2 rings (SSSR count). The van der Waals surface area contributed by atoms with E-state index in [1.54, 1.807) is 12.1 Å². The van der Waals surface area contributed by atoms with Crippen LogP contribution in [0, 0.1) is 5.82 Å². The molecule has 2 aromatic carbocycles. The molecule has 0 N–H and O–H groups in total. The average Bonchev–Trinajstić information content (AvgIpc) is 2.29. The van der Waals surface area contributed by atoms with Gasteiger partial charge in [-0.05, 0) is 35.4 Å². The maximum absolute atomic E-state index is 13.1. The molecule has 2 heteroatoms. The molecule has 2 aromatic rings. The molecule has 0 spiro atoms. The average molecular weight is 215 g/mol. The molecule has 16 heavy (non-hydrogen) atoms. The van der Waals surface area contributed by atoms with E-state index in [2.05, 4.69) is 6.07 Å². The van der Waals surface area contributed by atoms with Crippen LogP contribution < -0.4 is 4.90 Å². The van der Waals surface area contributed by atoms with Gasteiger partial charge >= 0.3 is 0 Å². The smallest absolute Gasteiger partial charge is 0.123 e. The lowest BCUT2D eigenvalue weighted by molar-refractivity contribution is 0.628. The first kappa shape index (κ1) is 10.7. The molecule has 0 saturated heterocycles. The van der Waals surface area contributed by atoms with Crippen LogP contribution in [-0.2, 0) is 0 Å². The number of benzene rings is 2. The Balaban J connectivity index is 2.44. The van der Waals surface area contributed by atoms with Crippen LogP contribution >= 0.6 is 0 Å². The maximum Gasteiger partial charge on any atom is 0.123 e. The number of hydrogen-bond acceptors (Lipinski definition) is 1. The van der Waals surface area contributed by atoms with Crippen LogP contribution in [0.25, 0.3) is 11.1 Å². The Morgan fingerprint density at radius 2 is 1.50 bits per heavy atom. The Morgan fingerprint density at radius 1 is 0.875 bits per heavy atom. The van der Waals surface area contributed by atoms with Gasteiger partial charge in [0.2, 0.25) is 0 Å². The SMILES string of the molecule is CN(C)c1cccc(-c2cccc(F)c2)c1. The van der Waals surface area contributed by atoms with Gasteiger partial charge in [0.25, 0.3) is 0 Å². The van der Waals surface area contributed by atoms with Crippen LogP contribution in [0.5, 0.6) is 0 Å². The molecule has 0 saturated carbocycles. The molecule has 0 bridgehead atoms. The summed E-state index contributed by atoms with van der Waals surface area (Å²) in [5.74, 6) is -0.201. The van der Waals surface area contributed by atoms with Crippen LogP contribution in [0.1, 0.15) is 0 Å². The fraction of sp³-hybridized carbons (Fsp3) is 0.143. The molecule has 0 aromatic heterocycles. The van der Waals surface area contributed by atoms with Gasteiger partial charge in [0.05, 0.1) is 0 Å². The van der Waals surface area contributed by atoms with Gasteiger partial charge in [-0.2, -0.15) is 0 Å². The summed E-state index contributed by atoms with van der Waals surface area (Å²) < 4.78 is 13.1. The van der Waals surface area contributed by atoms with E-state index < -0.39 is 0 Å². The van der Waals surface area contributed by atoms with Gasteiger partial charge in [-0.1, -0.05) is 24.3 Å². The molecule has 0 atom stereocenters. The van der Waals surface area contributed by atoms with Crippen LogP contribution in [0.2, 0.25) is 0 Å². The lowest BCUT2D eigenvalue weighted by Crippen LogP contribution is -2.08. The van der Waals surface area contributed by atoms with Crippen LogP contribution in [-0.4, -0.2) is 14.1 Å². The van der Waals surface area contributed by atoms with E-state index in [4.69, 9.17) is 0 Å². The fourth-order valence-corrected chi connectivity index (χ4v) is 1.63. The van der Waals surface area contributed by atoms with Crippen molar-refractivity contribution < 1.29 is 4.39 Å². The van der Waals surface area contributed by atoms with Crippen molar-refractivity contribution in [2.75, 3.05) is 19.0 Å². The third-order valence-corrected chi connectivity index (χ3v) is 2.52. The zero-order chi connectivity index (χ0) is 11.5. The molecule has 0 amide bonds. The predicted molar refractivity (Wildman–Crippen MR) is 66.2 cm³/mol. The molecule has 82 valence electrons. The highest BCUT2D eigenvalue weighted by atomic mass is 19.1. The number of hydrogen-bond donors (Lipinski definition) is 0. The molecular formula is C14H14FN. The lowest BCUT2D eigenvalue weighted by atomic mass is 10.0. The highest BCUT2D eigenvalue weighted by Crippen LogP contribution is 2.24. The van der Waals surface area contributed by atoms with Gasteiger partial charge in [0.1, 0.15) is 5.82 Å². The highest BCUT2D eigenvalue weighted by Gasteiger charge is 2.01. The Labute approximate surface area is 95.1 Å². The van der Waals surface area contributed by atoms with Gasteiger partial charge in [-0.3, -0.25) is 0 Å². The van der Waals surface area contributed by atoms with Crippen molar-refractivity contribution in [1.82, 2.24) is 0 Å². The topological polar surface area (TPSA) is 3.24 Å². The minimum absolute atomic E-state index is 0.201. The van der Waals surface area contributed by atoms with E-state index in [9.17, 15) is 4.39 Å². The van der Waals surface area contributed by atoms with Gasteiger partial charge in [-0.25, -0.2) is 4.39 Å². The van der Waals surface area contributed by atoms with E-state index in [0.717, 1.165) is 16.8 Å². The Hall–Kier alpha value is -1.83. The quantitative estimate of drug-likeness (QED) is 0.740. The summed E-state index contributed by atoms with van der Waals surface area (Å²) >= 11 is 0. The van der Waals surface area contributed by atoms with Gasteiger partial charge in [-0.15, -0.1) is 0 Å². The first-order valence-electron chi connectivity index (χ1n) is 5.20. The van der Waals surface area contributed by atoms with E-state index in [1.807, 2.05) is 43.3 Å². The standard InChI is InChI=1S/C14H14FN/c1-16(2)14-8-4-6-12(10-14)11-5-3-7-13(15)9-11/h3-10H,1-2H3. The van der Waals surface area contributed by atoms with Crippen molar-refractivity contribution in [2.45, 2.75) is 0 Å². The van der Waals surface area contributed by atoms with Crippen molar-refractivity contribution in [3.63, 3.8) is 0 Å². The first-order valence-corrected chi connectivity index (χ1v) is 5.20. The Bertz CT molecular complexity index is 492. The molecule has 0 heterocycles. The minimum Gasteiger partial charge on any atom is -0.378 e. The van der Waals surface area contributed by atoms with Gasteiger partial charge < -0.3 is 4.90 Å². The summed E-state index contributed by atoms with van der Waals surface area (Å²) in [7, 11) is 3.98. The maximum atomic E-state index is 13.1. The number of anilines is 1. The van der Waals surface area contributed by atoms with E-state index in [0.29, 0.717) is 0 Å². The van der Waals surface area contributed by atoms with Crippen molar-refractivity contribution in [3.8, 4) is 11.1 Å². The third-order valence-electron chi connectivity index (χ3n) is 2.52. The fourth-order valence-electron chi connectivity index (χ4n) is 1.63. The second kappa shape index (κ2) is 4.35. The van der Waals surface area contributed by atoms with Crippen molar-refractivity contribution in [1.29, 1.82) is 0 Å². The Kier molecular flexibility index (Phi) is 2.91. The minimum atomic E-state index is -0.201. The van der Waals surface area contributed by atoms with Crippen LogP contribution in [0.3, 0.4) is 0 Å². The second-order valence-corrected chi connectivity index (χ2v) is 3.96. The molecule has 0 aliphatic heterocycles. The molecular weight excluding hydrogens is 201 g/mol. The van der Waals surface area contributed by atoms with E-state index in [-0.39, 0.29) is 5.82 Å². The van der Waals surface area contributed by atoms with Crippen molar-refractivity contribution in [2.24, 2.45) is 0 Å². The van der Waals surface area contributed by atoms with Gasteiger partial charge in [0, 0.05) is 19.8 Å². The van der Waals surface area contributed by atoms with E-state index in [1.165, 1.54) is 6.07 Å². The lowest BCUT2D eigenvalue weighted by Gasteiger charge is -2.13. The van der Waals surface area contributed by atoms with Crippen LogP contribution in [0.4, 0.5) is 10.1 Å². The normalized spacial score (nSPS) is 10.2. The molecule has 0 aliphatic carbocycles. The summed E-state index contributed by atoms with van der Waals surface area (Å²) in [6, 6.07) is 14.7.